The second kappa shape index (κ2) is 9.32. The van der Waals surface area contributed by atoms with E-state index in [0.717, 1.165) is 38.7 Å². The number of nitrogens with zero attached hydrogens (tertiary/aromatic N) is 3. The number of benzene rings is 3. The fourth-order valence-corrected chi connectivity index (χ4v) is 4.76. The van der Waals surface area contributed by atoms with Crippen molar-refractivity contribution >= 4 is 40.5 Å². The normalized spacial score (nSPS) is 17.4. The van der Waals surface area contributed by atoms with Gasteiger partial charge < -0.3 is 14.1 Å². The van der Waals surface area contributed by atoms with Crippen LogP contribution >= 0.6 is 0 Å². The largest absolute Gasteiger partial charge is 0.550 e. The van der Waals surface area contributed by atoms with E-state index in [0.29, 0.717) is 25.0 Å². The van der Waals surface area contributed by atoms with Crippen molar-refractivity contribution in [1.82, 2.24) is 4.98 Å². The van der Waals surface area contributed by atoms with Crippen LogP contribution in [0.4, 0.5) is 0 Å². The van der Waals surface area contributed by atoms with Crippen LogP contribution in [-0.2, 0) is 9.47 Å². The van der Waals surface area contributed by atoms with Crippen LogP contribution < -0.4 is 15.6 Å². The lowest BCUT2D eigenvalue weighted by Crippen LogP contribution is -2.48. The Hall–Kier alpha value is -4.13. The van der Waals surface area contributed by atoms with Gasteiger partial charge in [-0.25, -0.2) is 9.98 Å². The molecule has 1 aromatic heterocycles. The lowest BCUT2D eigenvalue weighted by molar-refractivity contribution is 0.279. The van der Waals surface area contributed by atoms with Crippen LogP contribution in [0.15, 0.2) is 95.0 Å². The van der Waals surface area contributed by atoms with Crippen LogP contribution in [0.2, 0.25) is 0 Å². The minimum absolute atomic E-state index is 0.236. The van der Waals surface area contributed by atoms with Crippen molar-refractivity contribution in [2.45, 2.75) is 38.8 Å². The summed E-state index contributed by atoms with van der Waals surface area (Å²) in [6.07, 6.45) is 1.79. The van der Waals surface area contributed by atoms with Gasteiger partial charge in [-0.15, -0.1) is 0 Å². The van der Waals surface area contributed by atoms with Crippen LogP contribution in [0.5, 0.6) is 5.75 Å². The Morgan fingerprint density at radius 1 is 0.711 bits per heavy atom. The Bertz CT molecular complexity index is 1490. The van der Waals surface area contributed by atoms with Crippen LogP contribution in [-0.4, -0.2) is 48.0 Å². The van der Waals surface area contributed by atoms with E-state index in [-0.39, 0.29) is 11.1 Å². The maximum absolute atomic E-state index is 6.79. The van der Waals surface area contributed by atoms with E-state index in [9.17, 15) is 0 Å². The first-order valence-corrected chi connectivity index (χ1v) is 12.9. The van der Waals surface area contributed by atoms with Gasteiger partial charge >= 0.3 is 6.92 Å². The molecule has 38 heavy (non-hydrogen) atoms. The molecule has 6 nitrogen and oxygen atoms in total. The summed E-state index contributed by atoms with van der Waals surface area (Å²) >= 11 is 0. The van der Waals surface area contributed by atoms with Crippen LogP contribution in [0.3, 0.4) is 0 Å². The topological polar surface area (TPSA) is 65.3 Å². The molecular weight excluding hydrogens is 473 g/mol. The van der Waals surface area contributed by atoms with Gasteiger partial charge in [0.1, 0.15) is 24.5 Å². The van der Waals surface area contributed by atoms with E-state index in [2.05, 4.69) is 56.9 Å². The molecule has 0 bridgehead atoms. The molecule has 0 N–H and O–H groups in total. The molecule has 0 unspecified atom stereocenters. The fourth-order valence-electron chi connectivity index (χ4n) is 4.76. The summed E-state index contributed by atoms with van der Waals surface area (Å²) in [7, 11) is 0. The predicted molar refractivity (Wildman–Crippen MR) is 153 cm³/mol. The third-order valence-electron chi connectivity index (χ3n) is 6.65. The summed E-state index contributed by atoms with van der Waals surface area (Å²) in [5.74, 6) is 2.04. The molecule has 0 aliphatic carbocycles. The number of rotatable bonds is 6. The highest BCUT2D eigenvalue weighted by Gasteiger charge is 2.31. The van der Waals surface area contributed by atoms with Crippen molar-refractivity contribution in [2.24, 2.45) is 9.98 Å². The molecule has 0 radical (unpaired) electrons. The average Bonchev–Trinajstić information content (AvgIpc) is 3.48. The maximum atomic E-state index is 6.79. The van der Waals surface area contributed by atoms with Crippen molar-refractivity contribution < 1.29 is 14.1 Å². The van der Waals surface area contributed by atoms with Crippen molar-refractivity contribution in [1.29, 1.82) is 0 Å². The minimum atomic E-state index is -0.410. The molecule has 0 fully saturated rings. The standard InChI is InChI=1S/C31H30BN3O3/c1-30(2)19-36-28(34-30)22-10-5-13-24(17-22)32(38-26-15-7-9-21-12-8-16-33-27(21)26)25-14-6-11-23(18-25)29-35-31(3,4)20-37-29/h5-18H,19-20H2,1-4H3. The molecule has 3 heterocycles. The van der Waals surface area contributed by atoms with Gasteiger partial charge in [0.2, 0.25) is 11.8 Å². The molecule has 190 valence electrons. The first-order valence-electron chi connectivity index (χ1n) is 12.9. The van der Waals surface area contributed by atoms with E-state index in [1.807, 2.05) is 54.6 Å². The molecule has 4 aromatic rings. The highest BCUT2D eigenvalue weighted by molar-refractivity contribution is 6.80. The molecule has 0 amide bonds. The zero-order valence-corrected chi connectivity index (χ0v) is 22.1. The van der Waals surface area contributed by atoms with Gasteiger partial charge in [-0.3, -0.25) is 4.98 Å². The van der Waals surface area contributed by atoms with Gasteiger partial charge in [-0.05, 0) is 62.9 Å². The Morgan fingerprint density at radius 2 is 1.26 bits per heavy atom. The minimum Gasteiger partial charge on any atom is -0.550 e. The molecule has 0 atom stereocenters. The molecule has 0 saturated heterocycles. The quantitative estimate of drug-likeness (QED) is 0.363. The number of hydrogen-bond donors (Lipinski definition) is 0. The van der Waals surface area contributed by atoms with E-state index < -0.39 is 6.92 Å². The van der Waals surface area contributed by atoms with Gasteiger partial charge in [-0.1, -0.05) is 54.6 Å². The summed E-state index contributed by atoms with van der Waals surface area (Å²) in [6.45, 7) is 9.01. The number of ether oxygens (including phenoxy) is 2. The van der Waals surface area contributed by atoms with Gasteiger partial charge in [0.15, 0.2) is 0 Å². The summed E-state index contributed by atoms with van der Waals surface area (Å²) < 4.78 is 18.7. The summed E-state index contributed by atoms with van der Waals surface area (Å²) in [4.78, 5) is 14.2. The Morgan fingerprint density at radius 3 is 1.82 bits per heavy atom. The molecule has 6 rings (SSSR count). The lowest BCUT2D eigenvalue weighted by Gasteiger charge is -2.19. The van der Waals surface area contributed by atoms with E-state index in [1.54, 1.807) is 6.20 Å². The predicted octanol–water partition coefficient (Wildman–Crippen LogP) is 4.53. The summed E-state index contributed by atoms with van der Waals surface area (Å²) in [5.41, 5.74) is 4.18. The van der Waals surface area contributed by atoms with E-state index in [4.69, 9.17) is 24.1 Å². The molecule has 7 heteroatoms. The fraction of sp³-hybridized carbons (Fsp3) is 0.258. The van der Waals surface area contributed by atoms with Crippen LogP contribution in [0.25, 0.3) is 10.9 Å². The molecule has 0 spiro atoms. The molecule has 3 aromatic carbocycles. The number of hydrogen-bond acceptors (Lipinski definition) is 6. The highest BCUT2D eigenvalue weighted by atomic mass is 16.5. The number of para-hydroxylation sites is 1. The lowest BCUT2D eigenvalue weighted by atomic mass is 9.55. The van der Waals surface area contributed by atoms with Crippen molar-refractivity contribution in [2.75, 3.05) is 13.2 Å². The monoisotopic (exact) mass is 503 g/mol. The van der Waals surface area contributed by atoms with Crippen molar-refractivity contribution in [3.8, 4) is 5.75 Å². The first kappa shape index (κ1) is 24.2. The Balaban J connectivity index is 1.44. The zero-order valence-electron chi connectivity index (χ0n) is 22.1. The molecule has 2 aliphatic heterocycles. The van der Waals surface area contributed by atoms with Gasteiger partial charge in [0.05, 0.1) is 11.1 Å². The maximum Gasteiger partial charge on any atom is 0.426 e. The smallest absolute Gasteiger partial charge is 0.426 e. The number of aliphatic imine (C=N–C) groups is 2. The molecule has 2 aliphatic rings. The molecular formula is C31H30BN3O3. The van der Waals surface area contributed by atoms with Gasteiger partial charge in [0, 0.05) is 22.7 Å². The second-order valence-corrected chi connectivity index (χ2v) is 11.1. The number of pyridine rings is 1. The highest BCUT2D eigenvalue weighted by Crippen LogP contribution is 2.25. The van der Waals surface area contributed by atoms with Gasteiger partial charge in [0.25, 0.3) is 0 Å². The van der Waals surface area contributed by atoms with E-state index >= 15 is 0 Å². The zero-order chi connectivity index (χ0) is 26.3. The van der Waals surface area contributed by atoms with Crippen LogP contribution in [0.1, 0.15) is 38.8 Å². The first-order chi connectivity index (χ1) is 18.3. The Kier molecular flexibility index (Phi) is 5.94. The van der Waals surface area contributed by atoms with Crippen molar-refractivity contribution in [3.05, 3.63) is 96.2 Å². The third kappa shape index (κ3) is 4.88. The second-order valence-electron chi connectivity index (χ2n) is 11.1. The van der Waals surface area contributed by atoms with Crippen molar-refractivity contribution in [3.63, 3.8) is 0 Å². The molecule has 0 saturated carbocycles. The summed E-state index contributed by atoms with van der Waals surface area (Å²) in [6, 6.07) is 26.4. The average molecular weight is 503 g/mol. The van der Waals surface area contributed by atoms with Crippen LogP contribution in [0, 0.1) is 0 Å². The number of aromatic nitrogens is 1. The SMILES string of the molecule is CC1(C)COC(c2cccc(B(Oc3cccc4cccnc34)c3cccc(C4=NC(C)(C)CO4)c3)c2)=N1. The van der Waals surface area contributed by atoms with Gasteiger partial charge in [-0.2, -0.15) is 0 Å². The number of fused-ring (bicyclic) bond motifs is 1. The Labute approximate surface area is 223 Å². The third-order valence-corrected chi connectivity index (χ3v) is 6.65. The van der Waals surface area contributed by atoms with E-state index in [1.165, 1.54) is 0 Å². The summed E-state index contributed by atoms with van der Waals surface area (Å²) in [5, 5.41) is 1.03.